The summed E-state index contributed by atoms with van der Waals surface area (Å²) in [5.41, 5.74) is -0.973. The molecular weight excluding hydrogens is 203 g/mol. The van der Waals surface area contributed by atoms with Crippen LogP contribution in [0.5, 0.6) is 0 Å². The van der Waals surface area contributed by atoms with Crippen LogP contribution >= 0.6 is 0 Å². The second-order valence-corrected chi connectivity index (χ2v) is 3.87. The number of amides is 1. The molecule has 0 saturated heterocycles. The second kappa shape index (κ2) is 3.39. The van der Waals surface area contributed by atoms with Crippen LogP contribution in [-0.4, -0.2) is 33.6 Å². The zero-order valence-corrected chi connectivity index (χ0v) is 7.94. The summed E-state index contributed by atoms with van der Waals surface area (Å²) in [4.78, 5) is 10.8. The molecule has 84 valence electrons. The third-order valence-electron chi connectivity index (χ3n) is 1.20. The van der Waals surface area contributed by atoms with Crippen molar-refractivity contribution in [2.24, 2.45) is 0 Å². The number of halogens is 3. The molecule has 0 aromatic heterocycles. The second-order valence-electron chi connectivity index (χ2n) is 3.87. The fraction of sp³-hybridized carbons (Fsp3) is 0.857. The molecule has 4 nitrogen and oxygen atoms in total. The molecule has 0 aliphatic heterocycles. The highest BCUT2D eigenvalue weighted by molar-refractivity contribution is 5.84. The van der Waals surface area contributed by atoms with Gasteiger partial charge in [-0.25, -0.2) is 0 Å². The van der Waals surface area contributed by atoms with Crippen LogP contribution in [-0.2, 0) is 4.79 Å². The molecule has 3 N–H and O–H groups in total. The molecule has 0 atom stereocenters. The maximum absolute atomic E-state index is 11.9. The predicted molar refractivity (Wildman–Crippen MR) is 41.1 cm³/mol. The minimum absolute atomic E-state index is 0.973. The lowest BCUT2D eigenvalue weighted by atomic mass is 10.1. The van der Waals surface area contributed by atoms with Gasteiger partial charge in [0.25, 0.3) is 5.91 Å². The standard InChI is InChI=1S/C7H12F3NO3/c1-5(2,3)11-4(12)6(13,14)7(8,9)10/h13-14H,1-3H3,(H,11,12). The molecule has 7 heteroatoms. The van der Waals surface area contributed by atoms with Gasteiger partial charge in [-0.3, -0.25) is 4.79 Å². The zero-order chi connectivity index (χ0) is 11.8. The van der Waals surface area contributed by atoms with Crippen LogP contribution in [0.2, 0.25) is 0 Å². The number of carbonyl (C=O) groups is 1. The van der Waals surface area contributed by atoms with Crippen LogP contribution in [0.1, 0.15) is 20.8 Å². The molecule has 0 radical (unpaired) electrons. The molecule has 0 heterocycles. The van der Waals surface area contributed by atoms with E-state index in [2.05, 4.69) is 0 Å². The van der Waals surface area contributed by atoms with E-state index in [0.717, 1.165) is 0 Å². The van der Waals surface area contributed by atoms with Crippen LogP contribution in [0.4, 0.5) is 13.2 Å². The molecule has 0 bridgehead atoms. The Kier molecular flexibility index (Phi) is 3.19. The van der Waals surface area contributed by atoms with E-state index < -0.39 is 23.4 Å². The molecule has 0 fully saturated rings. The third kappa shape index (κ3) is 3.15. The summed E-state index contributed by atoms with van der Waals surface area (Å²) >= 11 is 0. The van der Waals surface area contributed by atoms with Crippen LogP contribution in [0, 0.1) is 0 Å². The molecule has 0 saturated carbocycles. The third-order valence-corrected chi connectivity index (χ3v) is 1.20. The Bertz CT molecular complexity index is 229. The van der Waals surface area contributed by atoms with E-state index in [1.54, 1.807) is 0 Å². The number of rotatable bonds is 1. The van der Waals surface area contributed by atoms with Crippen molar-refractivity contribution >= 4 is 5.91 Å². The lowest BCUT2D eigenvalue weighted by Crippen LogP contribution is -2.60. The summed E-state index contributed by atoms with van der Waals surface area (Å²) in [6, 6.07) is 0. The summed E-state index contributed by atoms with van der Waals surface area (Å²) in [5.74, 6) is -6.24. The van der Waals surface area contributed by atoms with E-state index in [4.69, 9.17) is 10.2 Å². The Morgan fingerprint density at radius 2 is 1.50 bits per heavy atom. The smallest absolute Gasteiger partial charge is 0.351 e. The van der Waals surface area contributed by atoms with Gasteiger partial charge in [0.15, 0.2) is 0 Å². The highest BCUT2D eigenvalue weighted by Crippen LogP contribution is 2.28. The first-order valence-corrected chi connectivity index (χ1v) is 3.72. The summed E-state index contributed by atoms with van der Waals surface area (Å²) < 4.78 is 35.7. The largest absolute Gasteiger partial charge is 0.453 e. The number of aliphatic hydroxyl groups is 2. The molecular formula is C7H12F3NO3. The van der Waals surface area contributed by atoms with Gasteiger partial charge >= 0.3 is 12.0 Å². The molecule has 0 aromatic rings. The monoisotopic (exact) mass is 215 g/mol. The SMILES string of the molecule is CC(C)(C)NC(=O)C(O)(O)C(F)(F)F. The topological polar surface area (TPSA) is 69.6 Å². The first kappa shape index (κ1) is 13.2. The minimum atomic E-state index is -5.41. The van der Waals surface area contributed by atoms with Gasteiger partial charge in [-0.2, -0.15) is 13.2 Å². The molecule has 0 rings (SSSR count). The van der Waals surface area contributed by atoms with Crippen LogP contribution < -0.4 is 5.32 Å². The van der Waals surface area contributed by atoms with Gasteiger partial charge < -0.3 is 15.5 Å². The van der Waals surface area contributed by atoms with Crippen LogP contribution in [0.25, 0.3) is 0 Å². The maximum atomic E-state index is 11.9. The summed E-state index contributed by atoms with van der Waals surface area (Å²) in [7, 11) is 0. The molecule has 1 amide bonds. The van der Waals surface area contributed by atoms with E-state index in [1.807, 2.05) is 5.32 Å². The molecule has 0 aromatic carbocycles. The van der Waals surface area contributed by atoms with Crippen molar-refractivity contribution in [2.45, 2.75) is 38.3 Å². The lowest BCUT2D eigenvalue weighted by Gasteiger charge is -2.28. The summed E-state index contributed by atoms with van der Waals surface area (Å²) in [6.07, 6.45) is -5.41. The van der Waals surface area contributed by atoms with Crippen molar-refractivity contribution in [2.75, 3.05) is 0 Å². The number of alkyl halides is 3. The first-order valence-electron chi connectivity index (χ1n) is 3.72. The normalized spacial score (nSPS) is 14.0. The van der Waals surface area contributed by atoms with Gasteiger partial charge in [-0.05, 0) is 20.8 Å². The van der Waals surface area contributed by atoms with E-state index >= 15 is 0 Å². The summed E-state index contributed by atoms with van der Waals surface area (Å²) in [5, 5.41) is 18.8. The van der Waals surface area contributed by atoms with Crippen LogP contribution in [0.15, 0.2) is 0 Å². The van der Waals surface area contributed by atoms with E-state index in [9.17, 15) is 18.0 Å². The molecule has 14 heavy (non-hydrogen) atoms. The Morgan fingerprint density at radius 3 is 1.71 bits per heavy atom. The number of hydrogen-bond acceptors (Lipinski definition) is 3. The Hall–Kier alpha value is -0.820. The van der Waals surface area contributed by atoms with Gasteiger partial charge in [-0.15, -0.1) is 0 Å². The van der Waals surface area contributed by atoms with E-state index in [-0.39, 0.29) is 0 Å². The maximum Gasteiger partial charge on any atom is 0.453 e. The number of carbonyl (C=O) groups excluding carboxylic acids is 1. The van der Waals surface area contributed by atoms with Gasteiger partial charge in [0, 0.05) is 5.54 Å². The van der Waals surface area contributed by atoms with Crippen molar-refractivity contribution in [1.29, 1.82) is 0 Å². The summed E-state index contributed by atoms with van der Waals surface area (Å²) in [6.45, 7) is 4.24. The fourth-order valence-corrected chi connectivity index (χ4v) is 0.556. The molecule has 0 unspecified atom stereocenters. The van der Waals surface area contributed by atoms with Crippen molar-refractivity contribution in [3.63, 3.8) is 0 Å². The highest BCUT2D eigenvalue weighted by atomic mass is 19.4. The van der Waals surface area contributed by atoms with Gasteiger partial charge in [0.2, 0.25) is 0 Å². The number of hydrogen-bond donors (Lipinski definition) is 3. The van der Waals surface area contributed by atoms with Gasteiger partial charge in [-0.1, -0.05) is 0 Å². The van der Waals surface area contributed by atoms with Crippen molar-refractivity contribution in [3.05, 3.63) is 0 Å². The quantitative estimate of drug-likeness (QED) is 0.545. The molecule has 0 aliphatic carbocycles. The Morgan fingerprint density at radius 1 is 1.14 bits per heavy atom. The fourth-order valence-electron chi connectivity index (χ4n) is 0.556. The number of nitrogens with one attached hydrogen (secondary N) is 1. The Labute approximate surface area is 78.7 Å². The predicted octanol–water partition coefficient (Wildman–Crippen LogP) is 0.144. The van der Waals surface area contributed by atoms with Gasteiger partial charge in [0.05, 0.1) is 0 Å². The first-order chi connectivity index (χ1) is 5.88. The molecule has 0 aliphatic rings. The minimum Gasteiger partial charge on any atom is -0.351 e. The van der Waals surface area contributed by atoms with Gasteiger partial charge in [0.1, 0.15) is 0 Å². The van der Waals surface area contributed by atoms with Crippen molar-refractivity contribution in [1.82, 2.24) is 5.32 Å². The average molecular weight is 215 g/mol. The molecule has 0 spiro atoms. The van der Waals surface area contributed by atoms with Crippen LogP contribution in [0.3, 0.4) is 0 Å². The lowest BCUT2D eigenvalue weighted by molar-refractivity contribution is -0.329. The average Bonchev–Trinajstić information content (AvgIpc) is 1.80. The Balaban J connectivity index is 4.70. The van der Waals surface area contributed by atoms with Crippen molar-refractivity contribution in [3.8, 4) is 0 Å². The van der Waals surface area contributed by atoms with E-state index in [1.165, 1.54) is 20.8 Å². The zero-order valence-electron chi connectivity index (χ0n) is 7.94. The van der Waals surface area contributed by atoms with E-state index in [0.29, 0.717) is 0 Å². The van der Waals surface area contributed by atoms with Crippen molar-refractivity contribution < 1.29 is 28.2 Å². The highest BCUT2D eigenvalue weighted by Gasteiger charge is 2.59.